The fourth-order valence-corrected chi connectivity index (χ4v) is 4.45. The highest BCUT2D eigenvalue weighted by molar-refractivity contribution is 9.14. The Morgan fingerprint density at radius 3 is 2.05 bits per heavy atom. The largest absolute Gasteiger partial charge is 0.0616 e. The summed E-state index contributed by atoms with van der Waals surface area (Å²) in [4.78, 5) is 0. The van der Waals surface area contributed by atoms with E-state index in [2.05, 4.69) is 102 Å². The summed E-state index contributed by atoms with van der Waals surface area (Å²) < 4.78 is 3.19. The number of benzene rings is 4. The predicted molar refractivity (Wildman–Crippen MR) is 102 cm³/mol. The number of hydrogen-bond donors (Lipinski definition) is 0. The van der Waals surface area contributed by atoms with E-state index in [1.54, 1.807) is 0 Å². The monoisotopic (exact) mass is 462 g/mol. The lowest BCUT2D eigenvalue weighted by atomic mass is 9.97. The molecule has 0 heterocycles. The third-order valence-electron chi connectivity index (χ3n) is 3.88. The van der Waals surface area contributed by atoms with Crippen molar-refractivity contribution in [1.29, 1.82) is 0 Å². The SMILES string of the molecule is Brc1cc2c(ccc3c4ccccc4ccc23)c(Br)c1Br. The molecule has 3 heteroatoms. The topological polar surface area (TPSA) is 0 Å². The van der Waals surface area contributed by atoms with Crippen molar-refractivity contribution in [3.05, 3.63) is 68.0 Å². The molecule has 0 spiro atoms. The highest BCUT2D eigenvalue weighted by Crippen LogP contribution is 2.41. The van der Waals surface area contributed by atoms with Gasteiger partial charge < -0.3 is 0 Å². The van der Waals surface area contributed by atoms with Crippen LogP contribution in [0.3, 0.4) is 0 Å². The zero-order valence-corrected chi connectivity index (χ0v) is 15.6. The molecular weight excluding hydrogens is 456 g/mol. The molecule has 0 fully saturated rings. The predicted octanol–water partition coefficient (Wildman–Crippen LogP) is 7.43. The molecular formula is C18H9Br3. The number of hydrogen-bond acceptors (Lipinski definition) is 0. The van der Waals surface area contributed by atoms with Crippen LogP contribution in [0.25, 0.3) is 32.3 Å². The second kappa shape index (κ2) is 5.08. The van der Waals surface area contributed by atoms with Gasteiger partial charge in [-0.2, -0.15) is 0 Å². The van der Waals surface area contributed by atoms with Crippen LogP contribution in [0.4, 0.5) is 0 Å². The summed E-state index contributed by atoms with van der Waals surface area (Å²) in [5.74, 6) is 0. The molecule has 0 saturated heterocycles. The van der Waals surface area contributed by atoms with Gasteiger partial charge in [0.05, 0.1) is 0 Å². The van der Waals surface area contributed by atoms with Gasteiger partial charge in [-0.25, -0.2) is 0 Å². The summed E-state index contributed by atoms with van der Waals surface area (Å²) in [6.45, 7) is 0. The van der Waals surface area contributed by atoms with Crippen molar-refractivity contribution in [2.45, 2.75) is 0 Å². The number of halogens is 3. The summed E-state index contributed by atoms with van der Waals surface area (Å²) >= 11 is 10.9. The highest BCUT2D eigenvalue weighted by atomic mass is 79.9. The molecule has 21 heavy (non-hydrogen) atoms. The van der Waals surface area contributed by atoms with Crippen LogP contribution in [0.5, 0.6) is 0 Å². The molecule has 0 radical (unpaired) electrons. The van der Waals surface area contributed by atoms with Gasteiger partial charge in [0.15, 0.2) is 0 Å². The molecule has 102 valence electrons. The Bertz CT molecular complexity index is 1020. The average Bonchev–Trinajstić information content (AvgIpc) is 2.52. The third-order valence-corrected chi connectivity index (χ3v) is 7.21. The Morgan fingerprint density at radius 2 is 1.19 bits per heavy atom. The zero-order valence-electron chi connectivity index (χ0n) is 10.8. The van der Waals surface area contributed by atoms with E-state index in [4.69, 9.17) is 0 Å². The molecule has 0 bridgehead atoms. The van der Waals surface area contributed by atoms with E-state index in [9.17, 15) is 0 Å². The van der Waals surface area contributed by atoms with Gasteiger partial charge in [0.1, 0.15) is 0 Å². The lowest BCUT2D eigenvalue weighted by molar-refractivity contribution is 1.61. The Balaban J connectivity index is 2.27. The second-order valence-corrected chi connectivity index (χ2v) is 7.47. The maximum absolute atomic E-state index is 3.69. The Labute approximate surface area is 147 Å². The van der Waals surface area contributed by atoms with E-state index in [0.29, 0.717) is 0 Å². The van der Waals surface area contributed by atoms with Crippen LogP contribution in [0.15, 0.2) is 68.0 Å². The first-order valence-corrected chi connectivity index (χ1v) is 8.92. The summed E-state index contributed by atoms with van der Waals surface area (Å²) in [5, 5.41) is 7.61. The average molecular weight is 465 g/mol. The van der Waals surface area contributed by atoms with Crippen LogP contribution in [0.2, 0.25) is 0 Å². The second-order valence-electron chi connectivity index (χ2n) is 5.03. The van der Waals surface area contributed by atoms with Gasteiger partial charge in [-0.05, 0) is 86.2 Å². The molecule has 4 aromatic carbocycles. The van der Waals surface area contributed by atoms with Crippen LogP contribution in [0.1, 0.15) is 0 Å². The molecule has 0 aliphatic carbocycles. The van der Waals surface area contributed by atoms with Crippen LogP contribution >= 0.6 is 47.8 Å². The molecule has 0 aromatic heterocycles. The molecule has 0 amide bonds. The van der Waals surface area contributed by atoms with Gasteiger partial charge in [0.2, 0.25) is 0 Å². The lowest BCUT2D eigenvalue weighted by Crippen LogP contribution is -1.83. The maximum Gasteiger partial charge on any atom is 0.0466 e. The number of fused-ring (bicyclic) bond motifs is 5. The Kier molecular flexibility index (Phi) is 3.32. The summed E-state index contributed by atoms with van der Waals surface area (Å²) in [7, 11) is 0. The first-order valence-electron chi connectivity index (χ1n) is 6.54. The summed E-state index contributed by atoms with van der Waals surface area (Å²) in [6, 6.07) is 19.5. The van der Waals surface area contributed by atoms with Gasteiger partial charge in [0.25, 0.3) is 0 Å². The van der Waals surface area contributed by atoms with Crippen LogP contribution in [-0.4, -0.2) is 0 Å². The van der Waals surface area contributed by atoms with Crippen molar-refractivity contribution in [3.63, 3.8) is 0 Å². The van der Waals surface area contributed by atoms with Crippen molar-refractivity contribution in [2.75, 3.05) is 0 Å². The fraction of sp³-hybridized carbons (Fsp3) is 0. The van der Waals surface area contributed by atoms with Crippen molar-refractivity contribution >= 4 is 80.1 Å². The van der Waals surface area contributed by atoms with E-state index in [1.165, 1.54) is 32.3 Å². The molecule has 4 rings (SSSR count). The van der Waals surface area contributed by atoms with Crippen molar-refractivity contribution in [2.24, 2.45) is 0 Å². The normalized spacial score (nSPS) is 11.6. The highest BCUT2D eigenvalue weighted by Gasteiger charge is 2.11. The Hall–Kier alpha value is -0.900. The third kappa shape index (κ3) is 2.06. The van der Waals surface area contributed by atoms with Crippen LogP contribution in [0, 0.1) is 0 Å². The zero-order chi connectivity index (χ0) is 14.6. The standard InChI is InChI=1S/C18H9Br3/c19-16-9-15-13-6-5-10-3-1-2-4-11(10)12(13)7-8-14(15)17(20)18(16)21/h1-9H. The van der Waals surface area contributed by atoms with Crippen LogP contribution < -0.4 is 0 Å². The summed E-state index contributed by atoms with van der Waals surface area (Å²) in [6.07, 6.45) is 0. The van der Waals surface area contributed by atoms with Gasteiger partial charge in [-0.3, -0.25) is 0 Å². The van der Waals surface area contributed by atoms with E-state index >= 15 is 0 Å². The van der Waals surface area contributed by atoms with E-state index in [0.717, 1.165) is 13.4 Å². The van der Waals surface area contributed by atoms with Gasteiger partial charge in [0, 0.05) is 13.4 Å². The molecule has 0 unspecified atom stereocenters. The van der Waals surface area contributed by atoms with E-state index < -0.39 is 0 Å². The van der Waals surface area contributed by atoms with Crippen molar-refractivity contribution in [1.82, 2.24) is 0 Å². The first-order chi connectivity index (χ1) is 10.2. The summed E-state index contributed by atoms with van der Waals surface area (Å²) in [5.41, 5.74) is 0. The van der Waals surface area contributed by atoms with E-state index in [1.807, 2.05) is 0 Å². The van der Waals surface area contributed by atoms with Gasteiger partial charge in [-0.1, -0.05) is 48.5 Å². The molecule has 4 aromatic rings. The minimum Gasteiger partial charge on any atom is -0.0616 e. The van der Waals surface area contributed by atoms with Gasteiger partial charge >= 0.3 is 0 Å². The Morgan fingerprint density at radius 1 is 0.524 bits per heavy atom. The molecule has 0 aliphatic heterocycles. The van der Waals surface area contributed by atoms with E-state index in [-0.39, 0.29) is 0 Å². The molecule has 0 saturated carbocycles. The quantitative estimate of drug-likeness (QED) is 0.187. The number of rotatable bonds is 0. The lowest BCUT2D eigenvalue weighted by Gasteiger charge is -2.11. The molecule has 0 atom stereocenters. The fourth-order valence-electron chi connectivity index (χ4n) is 2.87. The van der Waals surface area contributed by atoms with Gasteiger partial charge in [-0.15, -0.1) is 0 Å². The molecule has 0 aliphatic rings. The maximum atomic E-state index is 3.69. The van der Waals surface area contributed by atoms with Crippen LogP contribution in [-0.2, 0) is 0 Å². The smallest absolute Gasteiger partial charge is 0.0466 e. The van der Waals surface area contributed by atoms with Crippen molar-refractivity contribution < 1.29 is 0 Å². The molecule has 0 N–H and O–H groups in total. The first kappa shape index (κ1) is 13.7. The minimum atomic E-state index is 1.05. The van der Waals surface area contributed by atoms with Crippen molar-refractivity contribution in [3.8, 4) is 0 Å². The molecule has 0 nitrogen and oxygen atoms in total. The minimum absolute atomic E-state index is 1.05.